The molecule has 2 N–H and O–H groups in total. The molecule has 1 aromatic carbocycles. The summed E-state index contributed by atoms with van der Waals surface area (Å²) in [5.41, 5.74) is 10.1. The van der Waals surface area contributed by atoms with Crippen LogP contribution in [0.3, 0.4) is 0 Å². The maximum Gasteiger partial charge on any atom is 0.122 e. The van der Waals surface area contributed by atoms with E-state index >= 15 is 0 Å². The quantitative estimate of drug-likeness (QED) is 0.649. The average Bonchev–Trinajstić information content (AvgIpc) is 2.70. The van der Waals surface area contributed by atoms with Crippen LogP contribution in [0.4, 0.5) is 0 Å². The summed E-state index contributed by atoms with van der Waals surface area (Å²) in [5, 5.41) is 0. The smallest absolute Gasteiger partial charge is 0.122 e. The van der Waals surface area contributed by atoms with Gasteiger partial charge in [-0.1, -0.05) is 6.07 Å². The molecule has 1 heterocycles. The highest BCUT2D eigenvalue weighted by atomic mass is 16.5. The van der Waals surface area contributed by atoms with Gasteiger partial charge in [0.25, 0.3) is 0 Å². The van der Waals surface area contributed by atoms with Gasteiger partial charge in [-0.05, 0) is 35.6 Å². The van der Waals surface area contributed by atoms with Crippen molar-refractivity contribution in [2.75, 3.05) is 6.61 Å². The van der Waals surface area contributed by atoms with Gasteiger partial charge in [0.1, 0.15) is 5.75 Å². The van der Waals surface area contributed by atoms with Gasteiger partial charge in [-0.3, -0.25) is 0 Å². The zero-order valence-electron chi connectivity index (χ0n) is 7.55. The monoisotopic (exact) mass is 175 g/mol. The molecule has 1 aromatic rings. The van der Waals surface area contributed by atoms with E-state index in [1.165, 1.54) is 16.7 Å². The molecule has 0 amide bonds. The van der Waals surface area contributed by atoms with Crippen LogP contribution in [0.25, 0.3) is 0 Å². The fraction of sp³-hybridized carbons (Fsp3) is 0.455. The summed E-state index contributed by atoms with van der Waals surface area (Å²) in [6.45, 7) is 0.841. The molecule has 0 aromatic heterocycles. The van der Waals surface area contributed by atoms with Crippen molar-refractivity contribution in [1.29, 1.82) is 0 Å². The van der Waals surface area contributed by atoms with E-state index in [0.717, 1.165) is 31.6 Å². The highest BCUT2D eigenvalue weighted by molar-refractivity contribution is 5.47. The van der Waals surface area contributed by atoms with Gasteiger partial charge in [-0.15, -0.1) is 0 Å². The summed E-state index contributed by atoms with van der Waals surface area (Å²) >= 11 is 0. The molecule has 0 unspecified atom stereocenters. The topological polar surface area (TPSA) is 35.2 Å². The van der Waals surface area contributed by atoms with Gasteiger partial charge in [0.05, 0.1) is 6.61 Å². The molecule has 2 aliphatic rings. The number of benzene rings is 1. The van der Waals surface area contributed by atoms with E-state index in [4.69, 9.17) is 10.5 Å². The molecule has 2 heteroatoms. The Balaban J connectivity index is 2.16. The predicted molar refractivity (Wildman–Crippen MR) is 50.9 cm³/mol. The molecule has 0 fully saturated rings. The first-order chi connectivity index (χ1) is 6.34. The van der Waals surface area contributed by atoms with E-state index in [0.29, 0.717) is 0 Å². The van der Waals surface area contributed by atoms with Gasteiger partial charge in [0, 0.05) is 12.5 Å². The molecule has 0 spiro atoms. The Morgan fingerprint density at radius 3 is 3.08 bits per heavy atom. The lowest BCUT2D eigenvalue weighted by atomic mass is 10.0. The minimum Gasteiger partial charge on any atom is -0.493 e. The van der Waals surface area contributed by atoms with Crippen LogP contribution in [0.5, 0.6) is 5.75 Å². The molecule has 0 saturated heterocycles. The molecule has 68 valence electrons. The zero-order valence-corrected chi connectivity index (χ0v) is 7.55. The van der Waals surface area contributed by atoms with Crippen molar-refractivity contribution >= 4 is 0 Å². The van der Waals surface area contributed by atoms with Crippen molar-refractivity contribution in [3.05, 3.63) is 28.8 Å². The summed E-state index contributed by atoms with van der Waals surface area (Å²) in [6, 6.07) is 4.67. The molecular formula is C11H13NO. The van der Waals surface area contributed by atoms with Crippen LogP contribution in [-0.2, 0) is 12.8 Å². The van der Waals surface area contributed by atoms with Crippen LogP contribution in [0.2, 0.25) is 0 Å². The normalized spacial score (nSPS) is 23.9. The van der Waals surface area contributed by atoms with Gasteiger partial charge in [-0.2, -0.15) is 0 Å². The van der Waals surface area contributed by atoms with Gasteiger partial charge in [0.15, 0.2) is 0 Å². The zero-order chi connectivity index (χ0) is 8.84. The fourth-order valence-electron chi connectivity index (χ4n) is 2.32. The van der Waals surface area contributed by atoms with E-state index in [-0.39, 0.29) is 6.04 Å². The Morgan fingerprint density at radius 1 is 1.23 bits per heavy atom. The Labute approximate surface area is 77.7 Å². The van der Waals surface area contributed by atoms with E-state index in [9.17, 15) is 0 Å². The van der Waals surface area contributed by atoms with Crippen LogP contribution < -0.4 is 10.5 Å². The number of aryl methyl sites for hydroxylation is 1. The molecule has 1 aliphatic carbocycles. The van der Waals surface area contributed by atoms with E-state index in [2.05, 4.69) is 12.1 Å². The Morgan fingerprint density at radius 2 is 2.15 bits per heavy atom. The number of hydrogen-bond acceptors (Lipinski definition) is 2. The molecular weight excluding hydrogens is 162 g/mol. The van der Waals surface area contributed by atoms with Crippen molar-refractivity contribution in [3.63, 3.8) is 0 Å². The third-order valence-corrected chi connectivity index (χ3v) is 3.08. The van der Waals surface area contributed by atoms with Crippen LogP contribution in [0, 0.1) is 0 Å². The lowest BCUT2D eigenvalue weighted by Crippen LogP contribution is -2.05. The Hall–Kier alpha value is -1.02. The molecule has 3 rings (SSSR count). The SMILES string of the molecule is N[C@@H]1CCc2cc3c(cc21)OCC3. The first-order valence-corrected chi connectivity index (χ1v) is 4.88. The first kappa shape index (κ1) is 7.39. The van der Waals surface area contributed by atoms with Gasteiger partial charge in [-0.25, -0.2) is 0 Å². The van der Waals surface area contributed by atoms with Crippen LogP contribution in [-0.4, -0.2) is 6.61 Å². The summed E-state index contributed by atoms with van der Waals surface area (Å²) in [5.74, 6) is 1.07. The number of fused-ring (bicyclic) bond motifs is 2. The molecule has 13 heavy (non-hydrogen) atoms. The maximum atomic E-state index is 5.98. The molecule has 0 bridgehead atoms. The number of nitrogens with two attached hydrogens (primary N) is 1. The van der Waals surface area contributed by atoms with Crippen molar-refractivity contribution in [3.8, 4) is 5.75 Å². The Bertz CT molecular complexity index is 359. The highest BCUT2D eigenvalue weighted by Crippen LogP contribution is 2.36. The first-order valence-electron chi connectivity index (χ1n) is 4.88. The predicted octanol–water partition coefficient (Wildman–Crippen LogP) is 1.57. The van der Waals surface area contributed by atoms with Gasteiger partial charge >= 0.3 is 0 Å². The van der Waals surface area contributed by atoms with E-state index in [1.54, 1.807) is 0 Å². The third-order valence-electron chi connectivity index (χ3n) is 3.08. The largest absolute Gasteiger partial charge is 0.493 e. The summed E-state index contributed by atoms with van der Waals surface area (Å²) in [4.78, 5) is 0. The number of hydrogen-bond donors (Lipinski definition) is 1. The second-order valence-corrected chi connectivity index (χ2v) is 3.90. The van der Waals surface area contributed by atoms with Crippen molar-refractivity contribution in [1.82, 2.24) is 0 Å². The molecule has 1 aliphatic heterocycles. The summed E-state index contributed by atoms with van der Waals surface area (Å²) in [6.07, 6.45) is 3.31. The highest BCUT2D eigenvalue weighted by Gasteiger charge is 2.23. The van der Waals surface area contributed by atoms with Crippen LogP contribution >= 0.6 is 0 Å². The lowest BCUT2D eigenvalue weighted by molar-refractivity contribution is 0.356. The van der Waals surface area contributed by atoms with E-state index < -0.39 is 0 Å². The lowest BCUT2D eigenvalue weighted by Gasteiger charge is -2.06. The van der Waals surface area contributed by atoms with Gasteiger partial charge < -0.3 is 10.5 Å². The minimum atomic E-state index is 0.240. The molecule has 2 nitrogen and oxygen atoms in total. The Kier molecular flexibility index (Phi) is 1.41. The average molecular weight is 175 g/mol. The second-order valence-electron chi connectivity index (χ2n) is 3.90. The van der Waals surface area contributed by atoms with Crippen LogP contribution in [0.1, 0.15) is 29.2 Å². The number of ether oxygens (including phenoxy) is 1. The van der Waals surface area contributed by atoms with E-state index in [1.807, 2.05) is 0 Å². The molecule has 0 radical (unpaired) electrons. The van der Waals surface area contributed by atoms with Crippen molar-refractivity contribution in [2.24, 2.45) is 5.73 Å². The standard InChI is InChI=1S/C11H13NO/c12-10-2-1-7-5-8-3-4-13-11(8)6-9(7)10/h5-6,10H,1-4,12H2/t10-/m1/s1. The number of rotatable bonds is 0. The van der Waals surface area contributed by atoms with Crippen molar-refractivity contribution in [2.45, 2.75) is 25.3 Å². The summed E-state index contributed by atoms with van der Waals surface area (Å²) in [7, 11) is 0. The third kappa shape index (κ3) is 0.985. The second kappa shape index (κ2) is 2.48. The summed E-state index contributed by atoms with van der Waals surface area (Å²) < 4.78 is 5.52. The molecule has 1 atom stereocenters. The molecule has 0 saturated carbocycles. The van der Waals surface area contributed by atoms with Crippen molar-refractivity contribution < 1.29 is 4.74 Å². The minimum absolute atomic E-state index is 0.240. The fourth-order valence-corrected chi connectivity index (χ4v) is 2.32. The maximum absolute atomic E-state index is 5.98. The van der Waals surface area contributed by atoms with Crippen LogP contribution in [0.15, 0.2) is 12.1 Å². The van der Waals surface area contributed by atoms with Gasteiger partial charge in [0.2, 0.25) is 0 Å².